The Balaban J connectivity index is 1.67. The van der Waals surface area contributed by atoms with E-state index >= 15 is 0 Å². The summed E-state index contributed by atoms with van der Waals surface area (Å²) < 4.78 is 10.4. The summed E-state index contributed by atoms with van der Waals surface area (Å²) in [6.45, 7) is 0.997. The summed E-state index contributed by atoms with van der Waals surface area (Å²) in [5.74, 6) is -1.21. The third-order valence-electron chi connectivity index (χ3n) is 6.30. The highest BCUT2D eigenvalue weighted by Gasteiger charge is 2.38. The van der Waals surface area contributed by atoms with Crippen molar-refractivity contribution in [2.24, 2.45) is 0 Å². The van der Waals surface area contributed by atoms with E-state index in [-0.39, 0.29) is 24.8 Å². The van der Waals surface area contributed by atoms with Crippen LogP contribution in [0.15, 0.2) is 60.7 Å². The second-order valence-corrected chi connectivity index (χ2v) is 9.04. The molecule has 3 amide bonds. The van der Waals surface area contributed by atoms with Gasteiger partial charge in [-0.1, -0.05) is 60.7 Å². The van der Waals surface area contributed by atoms with Gasteiger partial charge in [0, 0.05) is 32.6 Å². The molecule has 1 aliphatic heterocycles. The highest BCUT2D eigenvalue weighted by molar-refractivity contribution is 6.28. The van der Waals surface area contributed by atoms with Crippen molar-refractivity contribution in [3.05, 3.63) is 71.8 Å². The first-order chi connectivity index (χ1) is 18.0. The van der Waals surface area contributed by atoms with Gasteiger partial charge in [0.05, 0.1) is 0 Å². The number of likely N-dealkylation sites (tertiary alicyclic amines) is 1. The number of hydrogen-bond donors (Lipinski definition) is 3. The molecule has 3 rings (SSSR count). The van der Waals surface area contributed by atoms with Crippen LogP contribution in [0.5, 0.6) is 0 Å². The Bertz CT molecular complexity index is 994. The van der Waals surface area contributed by atoms with Crippen LogP contribution >= 0.6 is 0 Å². The molecule has 0 aromatic heterocycles. The van der Waals surface area contributed by atoms with Crippen molar-refractivity contribution in [2.75, 3.05) is 20.3 Å². The molecule has 3 N–H and O–H groups in total. The van der Waals surface area contributed by atoms with Crippen molar-refractivity contribution in [2.45, 2.75) is 56.7 Å². The number of ether oxygens (including phenoxy) is 2. The van der Waals surface area contributed by atoms with Gasteiger partial charge >= 0.3 is 13.6 Å². The summed E-state index contributed by atoms with van der Waals surface area (Å²) in [4.78, 5) is 40.8. The monoisotopic (exact) mass is 508 g/mol. The van der Waals surface area contributed by atoms with E-state index < -0.39 is 24.1 Å². The van der Waals surface area contributed by atoms with Gasteiger partial charge in [0.15, 0.2) is 0 Å². The first kappa shape index (κ1) is 28.2. The number of carbonyl (C=O) groups is 3. The lowest BCUT2D eigenvalue weighted by Crippen LogP contribution is -2.55. The summed E-state index contributed by atoms with van der Waals surface area (Å²) in [7, 11) is 2.55. The van der Waals surface area contributed by atoms with Gasteiger partial charge in [-0.05, 0) is 36.8 Å². The maximum absolute atomic E-state index is 13.6. The van der Waals surface area contributed by atoms with Gasteiger partial charge in [-0.25, -0.2) is 4.79 Å². The molecule has 10 heteroatoms. The van der Waals surface area contributed by atoms with Crippen LogP contribution in [-0.4, -0.2) is 73.6 Å². The van der Waals surface area contributed by atoms with Crippen molar-refractivity contribution in [1.29, 1.82) is 0 Å². The molecule has 1 saturated heterocycles. The van der Waals surface area contributed by atoms with E-state index in [2.05, 4.69) is 10.6 Å². The molecule has 1 radical (unpaired) electrons. The molecule has 197 valence electrons. The molecule has 0 aliphatic carbocycles. The number of hydrogen-bond acceptors (Lipinski definition) is 6. The van der Waals surface area contributed by atoms with Crippen LogP contribution in [0, 0.1) is 0 Å². The average molecular weight is 508 g/mol. The van der Waals surface area contributed by atoms with E-state index in [1.54, 1.807) is 7.11 Å². The predicted molar refractivity (Wildman–Crippen MR) is 139 cm³/mol. The minimum absolute atomic E-state index is 0.0792. The number of rotatable bonds is 13. The Morgan fingerprint density at radius 2 is 1.73 bits per heavy atom. The van der Waals surface area contributed by atoms with Gasteiger partial charge in [0.2, 0.25) is 11.8 Å². The van der Waals surface area contributed by atoms with Crippen molar-refractivity contribution in [3.63, 3.8) is 0 Å². The van der Waals surface area contributed by atoms with Gasteiger partial charge in [0.1, 0.15) is 18.7 Å². The maximum atomic E-state index is 13.6. The van der Waals surface area contributed by atoms with E-state index in [1.165, 1.54) is 4.90 Å². The molecule has 0 saturated carbocycles. The van der Waals surface area contributed by atoms with E-state index in [0.29, 0.717) is 38.8 Å². The highest BCUT2D eigenvalue weighted by Crippen LogP contribution is 2.20. The summed E-state index contributed by atoms with van der Waals surface area (Å²) in [5.41, 5.74) is 1.71. The van der Waals surface area contributed by atoms with E-state index in [9.17, 15) is 19.4 Å². The molecule has 1 heterocycles. The molecule has 2 aromatic carbocycles. The fourth-order valence-electron chi connectivity index (χ4n) is 4.37. The molecule has 0 bridgehead atoms. The Hall–Kier alpha value is -3.37. The summed E-state index contributed by atoms with van der Waals surface area (Å²) in [6, 6.07) is 17.1. The zero-order valence-corrected chi connectivity index (χ0v) is 21.2. The quantitative estimate of drug-likeness (QED) is 0.282. The number of nitrogens with zero attached hydrogens (tertiary/aromatic N) is 1. The number of carbonyl (C=O) groups excluding carboxylic acids is 3. The smallest absolute Gasteiger partial charge is 0.408 e. The SMILES string of the molecule is COCCC[C@H]([B]O)NC(=O)[C@H]1CCCN1C(=O)[C@H](Cc1ccccc1)NC(=O)OCc1ccccc1. The standard InChI is InChI=1S/C27H35BN3O6/c1-36-17-9-15-24(28-35)30-25(32)23-14-8-16-31(23)26(33)22(18-20-10-4-2-5-11-20)29-27(34)37-19-21-12-6-3-7-13-21/h2-7,10-13,22-24,35H,8-9,14-19H2,1H3,(H,29,34)(H,30,32)/t22-,23+,24+/m0/s1. The van der Waals surface area contributed by atoms with Gasteiger partial charge in [-0.2, -0.15) is 0 Å². The first-order valence-corrected chi connectivity index (χ1v) is 12.6. The van der Waals surface area contributed by atoms with E-state index in [4.69, 9.17) is 9.47 Å². The molecule has 37 heavy (non-hydrogen) atoms. The molecular weight excluding hydrogens is 473 g/mol. The van der Waals surface area contributed by atoms with Crippen LogP contribution in [-0.2, 0) is 32.1 Å². The zero-order valence-electron chi connectivity index (χ0n) is 21.2. The molecule has 0 spiro atoms. The third-order valence-corrected chi connectivity index (χ3v) is 6.30. The van der Waals surface area contributed by atoms with Crippen LogP contribution < -0.4 is 10.6 Å². The normalized spacial score (nSPS) is 16.5. The lowest BCUT2D eigenvalue weighted by atomic mass is 9.84. The van der Waals surface area contributed by atoms with Crippen molar-refractivity contribution in [1.82, 2.24) is 15.5 Å². The highest BCUT2D eigenvalue weighted by atomic mass is 16.5. The lowest BCUT2D eigenvalue weighted by molar-refractivity contribution is -0.140. The molecule has 3 atom stereocenters. The van der Waals surface area contributed by atoms with Crippen LogP contribution in [0.1, 0.15) is 36.8 Å². The molecule has 1 aliphatic rings. The summed E-state index contributed by atoms with van der Waals surface area (Å²) >= 11 is 0. The van der Waals surface area contributed by atoms with Crippen LogP contribution in [0.2, 0.25) is 0 Å². The van der Waals surface area contributed by atoms with Gasteiger partial charge in [-0.15, -0.1) is 0 Å². The first-order valence-electron chi connectivity index (χ1n) is 12.6. The van der Waals surface area contributed by atoms with Crippen LogP contribution in [0.25, 0.3) is 0 Å². The minimum atomic E-state index is -0.902. The van der Waals surface area contributed by atoms with Gasteiger partial charge in [-0.3, -0.25) is 9.59 Å². The fraction of sp³-hybridized carbons (Fsp3) is 0.444. The summed E-state index contributed by atoms with van der Waals surface area (Å²) in [6.07, 6.45) is 1.91. The van der Waals surface area contributed by atoms with Crippen molar-refractivity contribution >= 4 is 25.4 Å². The fourth-order valence-corrected chi connectivity index (χ4v) is 4.37. The van der Waals surface area contributed by atoms with Crippen molar-refractivity contribution < 1.29 is 28.9 Å². The van der Waals surface area contributed by atoms with Gasteiger partial charge < -0.3 is 30.0 Å². The second kappa shape index (κ2) is 15.0. The minimum Gasteiger partial charge on any atom is -0.452 e. The number of benzene rings is 2. The number of nitrogens with one attached hydrogen (secondary N) is 2. The van der Waals surface area contributed by atoms with Crippen molar-refractivity contribution in [3.8, 4) is 0 Å². The van der Waals surface area contributed by atoms with Crippen LogP contribution in [0.4, 0.5) is 4.79 Å². The number of alkyl carbamates (subject to hydrolysis) is 1. The lowest BCUT2D eigenvalue weighted by Gasteiger charge is -2.29. The molecule has 1 fully saturated rings. The van der Waals surface area contributed by atoms with E-state index in [0.717, 1.165) is 18.6 Å². The number of methoxy groups -OCH3 is 1. The predicted octanol–water partition coefficient (Wildman–Crippen LogP) is 2.00. The molecule has 0 unspecified atom stereocenters. The Morgan fingerprint density at radius 1 is 1.05 bits per heavy atom. The van der Waals surface area contributed by atoms with Gasteiger partial charge in [0.25, 0.3) is 0 Å². The molecule has 2 aromatic rings. The summed E-state index contributed by atoms with van der Waals surface area (Å²) in [5, 5.41) is 15.1. The Morgan fingerprint density at radius 3 is 2.38 bits per heavy atom. The zero-order chi connectivity index (χ0) is 26.5. The molecule has 9 nitrogen and oxygen atoms in total. The second-order valence-electron chi connectivity index (χ2n) is 9.04. The number of amides is 3. The third kappa shape index (κ3) is 8.91. The topological polar surface area (TPSA) is 117 Å². The molecular formula is C27H35BN3O6. The maximum Gasteiger partial charge on any atom is 0.408 e. The van der Waals surface area contributed by atoms with Crippen LogP contribution in [0.3, 0.4) is 0 Å². The Labute approximate surface area is 218 Å². The van der Waals surface area contributed by atoms with E-state index in [1.807, 2.05) is 60.7 Å². The average Bonchev–Trinajstić information content (AvgIpc) is 3.42. The Kier molecular flexibility index (Phi) is 11.4. The largest absolute Gasteiger partial charge is 0.452 e.